The number of likely N-dealkylation sites (N-methyl/N-ethyl adjacent to an activating group) is 1. The Labute approximate surface area is 92.5 Å². The summed E-state index contributed by atoms with van der Waals surface area (Å²) in [7, 11) is 2.18. The maximum Gasteiger partial charge on any atom is 0.0394 e. The van der Waals surface area contributed by atoms with E-state index in [2.05, 4.69) is 53.7 Å². The predicted octanol–water partition coefficient (Wildman–Crippen LogP) is 1.99. The highest BCUT2D eigenvalue weighted by molar-refractivity contribution is 5.14. The molecule has 1 heterocycles. The summed E-state index contributed by atoms with van der Waals surface area (Å²) in [5.41, 5.74) is 1.40. The molecule has 0 spiro atoms. The van der Waals surface area contributed by atoms with E-state index in [0.717, 1.165) is 13.1 Å². The minimum atomic E-state index is 1.05. The standard InChI is InChI=1S/C13H19N2/c1-14-8-5-9-15(11-10-14)12-13-6-3-2-4-7-13/h2-4,6-7,11H,5,8-10,12H2,1H3. The summed E-state index contributed by atoms with van der Waals surface area (Å²) < 4.78 is 0. The molecule has 1 aromatic carbocycles. The van der Waals surface area contributed by atoms with Crippen LogP contribution in [0.15, 0.2) is 30.3 Å². The Balaban J connectivity index is 1.89. The fraction of sp³-hybridized carbons (Fsp3) is 0.462. The first-order valence-electron chi connectivity index (χ1n) is 5.64. The van der Waals surface area contributed by atoms with Gasteiger partial charge in [0.2, 0.25) is 0 Å². The van der Waals surface area contributed by atoms with Gasteiger partial charge < -0.3 is 4.90 Å². The molecule has 1 saturated heterocycles. The van der Waals surface area contributed by atoms with Gasteiger partial charge in [-0.2, -0.15) is 0 Å². The van der Waals surface area contributed by atoms with Crippen molar-refractivity contribution in [1.82, 2.24) is 9.80 Å². The molecule has 2 nitrogen and oxygen atoms in total. The fourth-order valence-corrected chi connectivity index (χ4v) is 1.94. The minimum Gasteiger partial charge on any atom is -0.305 e. The molecule has 0 aliphatic carbocycles. The van der Waals surface area contributed by atoms with Crippen LogP contribution in [0, 0.1) is 6.54 Å². The van der Waals surface area contributed by atoms with E-state index >= 15 is 0 Å². The first kappa shape index (κ1) is 10.7. The van der Waals surface area contributed by atoms with Crippen molar-refractivity contribution in [1.29, 1.82) is 0 Å². The van der Waals surface area contributed by atoms with Gasteiger partial charge in [-0.25, -0.2) is 0 Å². The lowest BCUT2D eigenvalue weighted by molar-refractivity contribution is 0.327. The van der Waals surface area contributed by atoms with Crippen molar-refractivity contribution < 1.29 is 0 Å². The Hall–Kier alpha value is -0.860. The van der Waals surface area contributed by atoms with Gasteiger partial charge in [0, 0.05) is 26.2 Å². The highest BCUT2D eigenvalue weighted by atomic mass is 15.2. The average Bonchev–Trinajstić information content (AvgIpc) is 2.46. The molecule has 15 heavy (non-hydrogen) atoms. The largest absolute Gasteiger partial charge is 0.305 e. The van der Waals surface area contributed by atoms with Crippen LogP contribution in [0.4, 0.5) is 0 Å². The molecule has 1 fully saturated rings. The summed E-state index contributed by atoms with van der Waals surface area (Å²) in [6.07, 6.45) is 1.26. The Kier molecular flexibility index (Phi) is 3.75. The minimum absolute atomic E-state index is 1.05. The molecule has 0 atom stereocenters. The van der Waals surface area contributed by atoms with Crippen LogP contribution in [0.3, 0.4) is 0 Å². The molecule has 1 aromatic rings. The molecule has 0 bridgehead atoms. The number of benzene rings is 1. The van der Waals surface area contributed by atoms with E-state index in [4.69, 9.17) is 0 Å². The zero-order valence-corrected chi connectivity index (χ0v) is 9.39. The topological polar surface area (TPSA) is 6.48 Å². The predicted molar refractivity (Wildman–Crippen MR) is 63.3 cm³/mol. The third kappa shape index (κ3) is 3.33. The smallest absolute Gasteiger partial charge is 0.0394 e. The van der Waals surface area contributed by atoms with Crippen molar-refractivity contribution in [2.24, 2.45) is 0 Å². The summed E-state index contributed by atoms with van der Waals surface area (Å²) in [4.78, 5) is 4.80. The normalized spacial score (nSPS) is 20.1. The Bertz CT molecular complexity index is 284. The lowest BCUT2D eigenvalue weighted by Crippen LogP contribution is -2.23. The highest BCUT2D eigenvalue weighted by Gasteiger charge is 2.12. The lowest BCUT2D eigenvalue weighted by Gasteiger charge is -2.19. The summed E-state index contributed by atoms with van der Waals surface area (Å²) >= 11 is 0. The van der Waals surface area contributed by atoms with Gasteiger partial charge in [0.05, 0.1) is 0 Å². The molecule has 2 heteroatoms. The first-order chi connectivity index (χ1) is 7.34. The monoisotopic (exact) mass is 203 g/mol. The second kappa shape index (κ2) is 5.29. The van der Waals surface area contributed by atoms with Gasteiger partial charge in [0.25, 0.3) is 0 Å². The van der Waals surface area contributed by atoms with Gasteiger partial charge >= 0.3 is 0 Å². The Morgan fingerprint density at radius 1 is 1.13 bits per heavy atom. The Morgan fingerprint density at radius 2 is 1.93 bits per heavy atom. The molecule has 1 radical (unpaired) electrons. The Morgan fingerprint density at radius 3 is 2.73 bits per heavy atom. The lowest BCUT2D eigenvalue weighted by atomic mass is 10.2. The van der Waals surface area contributed by atoms with Gasteiger partial charge in [0.15, 0.2) is 0 Å². The van der Waals surface area contributed by atoms with Crippen LogP contribution in [-0.2, 0) is 6.54 Å². The highest BCUT2D eigenvalue weighted by Crippen LogP contribution is 2.10. The molecule has 0 saturated carbocycles. The van der Waals surface area contributed by atoms with Crippen molar-refractivity contribution in [2.45, 2.75) is 13.0 Å². The maximum atomic E-state index is 2.43. The molecular formula is C13H19N2. The number of hydrogen-bond donors (Lipinski definition) is 0. The quantitative estimate of drug-likeness (QED) is 0.725. The summed E-state index contributed by atoms with van der Waals surface area (Å²) in [6, 6.07) is 10.7. The first-order valence-corrected chi connectivity index (χ1v) is 5.64. The van der Waals surface area contributed by atoms with E-state index in [-0.39, 0.29) is 0 Å². The van der Waals surface area contributed by atoms with Gasteiger partial charge in [0.1, 0.15) is 0 Å². The molecule has 0 aromatic heterocycles. The van der Waals surface area contributed by atoms with Crippen molar-refractivity contribution in [3.8, 4) is 0 Å². The van der Waals surface area contributed by atoms with E-state index in [9.17, 15) is 0 Å². The van der Waals surface area contributed by atoms with Crippen LogP contribution in [0.1, 0.15) is 12.0 Å². The summed E-state index contributed by atoms with van der Waals surface area (Å²) in [5.74, 6) is 0. The van der Waals surface area contributed by atoms with Crippen molar-refractivity contribution >= 4 is 0 Å². The zero-order chi connectivity index (χ0) is 10.5. The van der Waals surface area contributed by atoms with E-state index in [1.807, 2.05) is 0 Å². The van der Waals surface area contributed by atoms with Crippen LogP contribution in [0.5, 0.6) is 0 Å². The van der Waals surface area contributed by atoms with Gasteiger partial charge in [-0.1, -0.05) is 30.3 Å². The molecule has 1 aliphatic rings. The summed E-state index contributed by atoms with van der Waals surface area (Å²) in [6.45, 7) is 6.84. The molecule has 0 unspecified atom stereocenters. The SMILES string of the molecule is CN1C[CH]N(Cc2ccccc2)CCC1. The van der Waals surface area contributed by atoms with E-state index in [1.165, 1.54) is 25.1 Å². The third-order valence-electron chi connectivity index (χ3n) is 2.87. The number of hydrogen-bond acceptors (Lipinski definition) is 2. The van der Waals surface area contributed by atoms with Crippen molar-refractivity contribution in [2.75, 3.05) is 26.7 Å². The van der Waals surface area contributed by atoms with Crippen LogP contribution in [0.25, 0.3) is 0 Å². The van der Waals surface area contributed by atoms with E-state index in [1.54, 1.807) is 0 Å². The van der Waals surface area contributed by atoms with Gasteiger partial charge in [-0.05, 0) is 25.6 Å². The van der Waals surface area contributed by atoms with Crippen LogP contribution >= 0.6 is 0 Å². The van der Waals surface area contributed by atoms with E-state index < -0.39 is 0 Å². The second-order valence-electron chi connectivity index (χ2n) is 4.25. The molecule has 81 valence electrons. The third-order valence-corrected chi connectivity index (χ3v) is 2.87. The number of rotatable bonds is 2. The van der Waals surface area contributed by atoms with Crippen LogP contribution in [-0.4, -0.2) is 36.5 Å². The molecule has 0 amide bonds. The summed E-state index contributed by atoms with van der Waals surface area (Å²) in [5, 5.41) is 0. The maximum absolute atomic E-state index is 2.43. The zero-order valence-electron chi connectivity index (χ0n) is 9.39. The molecular weight excluding hydrogens is 184 g/mol. The van der Waals surface area contributed by atoms with Crippen molar-refractivity contribution in [3.05, 3.63) is 42.4 Å². The molecule has 0 N–H and O–H groups in total. The van der Waals surface area contributed by atoms with Gasteiger partial charge in [-0.3, -0.25) is 4.90 Å². The van der Waals surface area contributed by atoms with Crippen molar-refractivity contribution in [3.63, 3.8) is 0 Å². The average molecular weight is 203 g/mol. The van der Waals surface area contributed by atoms with E-state index in [0.29, 0.717) is 0 Å². The number of nitrogens with zero attached hydrogens (tertiary/aromatic N) is 2. The molecule has 2 rings (SSSR count). The molecule has 1 aliphatic heterocycles. The van der Waals surface area contributed by atoms with Crippen LogP contribution < -0.4 is 0 Å². The second-order valence-corrected chi connectivity index (χ2v) is 4.25. The fourth-order valence-electron chi connectivity index (χ4n) is 1.94. The van der Waals surface area contributed by atoms with Crippen LogP contribution in [0.2, 0.25) is 0 Å². The van der Waals surface area contributed by atoms with Gasteiger partial charge in [-0.15, -0.1) is 0 Å².